The number of nitrogens with zero attached hydrogens (tertiary/aromatic N) is 1. The molecule has 6 heavy (non-hydrogen) atoms. The third-order valence-electron chi connectivity index (χ3n) is 1.59. The second-order valence-corrected chi connectivity index (χ2v) is 1.89. The smallest absolute Gasteiger partial charge is 0.0376 e. The lowest BCUT2D eigenvalue weighted by molar-refractivity contribution is 0.238. The molecular formula is C5H7N. The molecule has 0 spiro atoms. The highest BCUT2D eigenvalue weighted by Gasteiger charge is 2.24. The van der Waals surface area contributed by atoms with Gasteiger partial charge in [0.05, 0.1) is 0 Å². The summed E-state index contributed by atoms with van der Waals surface area (Å²) >= 11 is 0. The Balaban J connectivity index is 2.30. The Hall–Kier alpha value is -0.460. The van der Waals surface area contributed by atoms with Crippen molar-refractivity contribution >= 4 is 0 Å². The van der Waals surface area contributed by atoms with Crippen LogP contribution < -0.4 is 0 Å². The van der Waals surface area contributed by atoms with Gasteiger partial charge < -0.3 is 4.90 Å². The molecule has 32 valence electrons. The monoisotopic (exact) mass is 81.1 g/mol. The molecular weight excluding hydrogens is 74.1 g/mol. The van der Waals surface area contributed by atoms with E-state index in [9.17, 15) is 0 Å². The van der Waals surface area contributed by atoms with Crippen LogP contribution in [0.5, 0.6) is 0 Å². The van der Waals surface area contributed by atoms with Gasteiger partial charge in [0, 0.05) is 25.2 Å². The van der Waals surface area contributed by atoms with E-state index in [2.05, 4.69) is 11.0 Å². The zero-order chi connectivity index (χ0) is 3.98. The molecule has 1 heteroatoms. The molecule has 1 saturated heterocycles. The van der Waals surface area contributed by atoms with Crippen molar-refractivity contribution in [3.63, 3.8) is 0 Å². The Kier molecular flexibility index (Phi) is 0.278. The second kappa shape index (κ2) is 0.625. The van der Waals surface area contributed by atoms with Gasteiger partial charge in [-0.3, -0.25) is 0 Å². The van der Waals surface area contributed by atoms with Gasteiger partial charge in [0.1, 0.15) is 0 Å². The molecule has 0 bridgehead atoms. The van der Waals surface area contributed by atoms with E-state index in [4.69, 9.17) is 0 Å². The Morgan fingerprint density at radius 1 is 1.67 bits per heavy atom. The third-order valence-corrected chi connectivity index (χ3v) is 1.59. The Morgan fingerprint density at radius 3 is 2.50 bits per heavy atom. The Labute approximate surface area is 37.3 Å². The first-order chi connectivity index (χ1) is 2.97. The minimum absolute atomic E-state index is 1.23. The summed E-state index contributed by atoms with van der Waals surface area (Å²) in [4.78, 5) is 2.39. The van der Waals surface area contributed by atoms with E-state index in [1.165, 1.54) is 19.5 Å². The molecule has 2 aliphatic rings. The minimum Gasteiger partial charge on any atom is -0.371 e. The molecule has 0 aromatic heterocycles. The summed E-state index contributed by atoms with van der Waals surface area (Å²) in [6.45, 7) is 2.56. The van der Waals surface area contributed by atoms with Gasteiger partial charge in [0.15, 0.2) is 0 Å². The Bertz CT molecular complexity index is 105. The van der Waals surface area contributed by atoms with Crippen LogP contribution in [-0.2, 0) is 0 Å². The molecule has 0 unspecified atom stereocenters. The maximum atomic E-state index is 2.39. The molecule has 2 aliphatic heterocycles. The van der Waals surface area contributed by atoms with E-state index in [1.807, 2.05) is 0 Å². The quantitative estimate of drug-likeness (QED) is 0.412. The number of fused-ring (bicyclic) bond motifs is 1. The molecule has 2 rings (SSSR count). The molecule has 0 aromatic carbocycles. The van der Waals surface area contributed by atoms with Gasteiger partial charge in [-0.2, -0.15) is 0 Å². The summed E-state index contributed by atoms with van der Waals surface area (Å²) in [5, 5.41) is 0. The molecule has 0 atom stereocenters. The summed E-state index contributed by atoms with van der Waals surface area (Å²) in [5.41, 5.74) is 1.58. The molecule has 0 saturated carbocycles. The first kappa shape index (κ1) is 2.67. The largest absolute Gasteiger partial charge is 0.371 e. The SMILES string of the molecule is C1=C2CCN2C1. The number of hydrogen-bond donors (Lipinski definition) is 0. The predicted octanol–water partition coefficient (Wildman–Crippen LogP) is 0.590. The van der Waals surface area contributed by atoms with Gasteiger partial charge in [-0.15, -0.1) is 0 Å². The number of rotatable bonds is 0. The van der Waals surface area contributed by atoms with Crippen LogP contribution in [0.15, 0.2) is 11.8 Å². The van der Waals surface area contributed by atoms with Crippen molar-refractivity contribution in [3.8, 4) is 0 Å². The van der Waals surface area contributed by atoms with E-state index in [1.54, 1.807) is 5.70 Å². The normalized spacial score (nSPS) is 26.7. The van der Waals surface area contributed by atoms with E-state index < -0.39 is 0 Å². The lowest BCUT2D eigenvalue weighted by atomic mass is 10.0. The standard InChI is InChI=1S/C5H7N/c1-3-6-4-2-5(1)6/h1H,2-4H2. The first-order valence-corrected chi connectivity index (χ1v) is 2.41. The highest BCUT2D eigenvalue weighted by Crippen LogP contribution is 2.27. The van der Waals surface area contributed by atoms with Crippen molar-refractivity contribution in [1.29, 1.82) is 0 Å². The molecule has 1 fully saturated rings. The van der Waals surface area contributed by atoms with Crippen LogP contribution in [0.25, 0.3) is 0 Å². The van der Waals surface area contributed by atoms with Gasteiger partial charge in [0.2, 0.25) is 0 Å². The molecule has 0 aromatic rings. The highest BCUT2D eigenvalue weighted by molar-refractivity contribution is 5.20. The summed E-state index contributed by atoms with van der Waals surface area (Å²) in [6, 6.07) is 0. The van der Waals surface area contributed by atoms with Crippen LogP contribution in [0.3, 0.4) is 0 Å². The van der Waals surface area contributed by atoms with Gasteiger partial charge in [-0.25, -0.2) is 0 Å². The fraction of sp³-hybridized carbons (Fsp3) is 0.600. The zero-order valence-electron chi connectivity index (χ0n) is 3.65. The highest BCUT2D eigenvalue weighted by atomic mass is 15.2. The topological polar surface area (TPSA) is 3.24 Å². The summed E-state index contributed by atoms with van der Waals surface area (Å²) < 4.78 is 0. The third kappa shape index (κ3) is 0.125. The minimum atomic E-state index is 1.23. The van der Waals surface area contributed by atoms with Crippen LogP contribution in [0, 0.1) is 0 Å². The lowest BCUT2D eigenvalue weighted by Gasteiger charge is -2.42. The molecule has 0 amide bonds. The summed E-state index contributed by atoms with van der Waals surface area (Å²) in [7, 11) is 0. The molecule has 2 heterocycles. The average Bonchev–Trinajstić information content (AvgIpc) is 1.54. The van der Waals surface area contributed by atoms with E-state index >= 15 is 0 Å². The first-order valence-electron chi connectivity index (χ1n) is 2.41. The van der Waals surface area contributed by atoms with Gasteiger partial charge >= 0.3 is 0 Å². The van der Waals surface area contributed by atoms with Crippen molar-refractivity contribution in [3.05, 3.63) is 11.8 Å². The summed E-state index contributed by atoms with van der Waals surface area (Å²) in [6.07, 6.45) is 3.64. The number of hydrogen-bond acceptors (Lipinski definition) is 1. The van der Waals surface area contributed by atoms with Crippen molar-refractivity contribution in [1.82, 2.24) is 4.90 Å². The molecule has 0 N–H and O–H groups in total. The van der Waals surface area contributed by atoms with Crippen LogP contribution in [0.1, 0.15) is 6.42 Å². The molecule has 1 nitrogen and oxygen atoms in total. The van der Waals surface area contributed by atoms with E-state index in [-0.39, 0.29) is 0 Å². The predicted molar refractivity (Wildman–Crippen MR) is 24.3 cm³/mol. The maximum absolute atomic E-state index is 2.39. The van der Waals surface area contributed by atoms with Crippen LogP contribution >= 0.6 is 0 Å². The summed E-state index contributed by atoms with van der Waals surface area (Å²) in [5.74, 6) is 0. The van der Waals surface area contributed by atoms with E-state index in [0.29, 0.717) is 0 Å². The Morgan fingerprint density at radius 2 is 2.50 bits per heavy atom. The van der Waals surface area contributed by atoms with Crippen molar-refractivity contribution < 1.29 is 0 Å². The second-order valence-electron chi connectivity index (χ2n) is 1.89. The van der Waals surface area contributed by atoms with Crippen LogP contribution in [-0.4, -0.2) is 18.0 Å². The zero-order valence-corrected chi connectivity index (χ0v) is 3.65. The fourth-order valence-corrected chi connectivity index (χ4v) is 0.942. The lowest BCUT2D eigenvalue weighted by Crippen LogP contribution is -2.42. The van der Waals surface area contributed by atoms with E-state index in [0.717, 1.165) is 0 Å². The average molecular weight is 81.1 g/mol. The molecule has 0 aliphatic carbocycles. The van der Waals surface area contributed by atoms with Crippen LogP contribution in [0.4, 0.5) is 0 Å². The van der Waals surface area contributed by atoms with Crippen molar-refractivity contribution in [2.45, 2.75) is 6.42 Å². The van der Waals surface area contributed by atoms with Gasteiger partial charge in [0.25, 0.3) is 0 Å². The van der Waals surface area contributed by atoms with Crippen molar-refractivity contribution in [2.24, 2.45) is 0 Å². The van der Waals surface area contributed by atoms with Gasteiger partial charge in [-0.1, -0.05) is 0 Å². The molecule has 0 radical (unpaired) electrons. The van der Waals surface area contributed by atoms with Crippen LogP contribution in [0.2, 0.25) is 0 Å². The van der Waals surface area contributed by atoms with Gasteiger partial charge in [-0.05, 0) is 6.08 Å². The fourth-order valence-electron chi connectivity index (χ4n) is 0.942. The van der Waals surface area contributed by atoms with Crippen molar-refractivity contribution in [2.75, 3.05) is 13.1 Å². The maximum Gasteiger partial charge on any atom is 0.0376 e.